The molecule has 2 aliphatic rings. The highest BCUT2D eigenvalue weighted by molar-refractivity contribution is 7.92. The normalized spacial score (nSPS) is 21.2. The van der Waals surface area contributed by atoms with Gasteiger partial charge in [0.25, 0.3) is 10.0 Å². The molecule has 0 unspecified atom stereocenters. The van der Waals surface area contributed by atoms with E-state index < -0.39 is 10.0 Å². The van der Waals surface area contributed by atoms with E-state index in [1.165, 1.54) is 4.90 Å². The van der Waals surface area contributed by atoms with E-state index in [0.29, 0.717) is 22.7 Å². The van der Waals surface area contributed by atoms with Gasteiger partial charge in [-0.3, -0.25) is 19.2 Å². The number of hydrogen-bond acceptors (Lipinski definition) is 4. The number of imide groups is 1. The molecule has 1 aliphatic carbocycles. The summed E-state index contributed by atoms with van der Waals surface area (Å²) in [6.45, 7) is 6.01. The molecule has 1 aliphatic heterocycles. The zero-order chi connectivity index (χ0) is 23.0. The number of fused-ring (bicyclic) bond motifs is 1. The molecule has 0 radical (unpaired) electrons. The highest BCUT2D eigenvalue weighted by Crippen LogP contribution is 2.38. The van der Waals surface area contributed by atoms with E-state index in [9.17, 15) is 18.0 Å². The summed E-state index contributed by atoms with van der Waals surface area (Å²) in [6, 6.07) is 12.4. The molecule has 2 amide bonds. The van der Waals surface area contributed by atoms with Crippen molar-refractivity contribution < 1.29 is 18.0 Å². The van der Waals surface area contributed by atoms with Crippen LogP contribution >= 0.6 is 0 Å². The van der Waals surface area contributed by atoms with Crippen molar-refractivity contribution in [2.45, 2.75) is 63.8 Å². The van der Waals surface area contributed by atoms with Gasteiger partial charge >= 0.3 is 0 Å². The van der Waals surface area contributed by atoms with Gasteiger partial charge in [0.2, 0.25) is 11.8 Å². The van der Waals surface area contributed by atoms with Gasteiger partial charge in [-0.25, -0.2) is 8.42 Å². The number of nitrogens with zero attached hydrogens (tertiary/aromatic N) is 1. The Hall–Kier alpha value is -2.67. The van der Waals surface area contributed by atoms with Crippen LogP contribution in [0.4, 0.5) is 5.69 Å². The third kappa shape index (κ3) is 4.31. The number of benzene rings is 2. The van der Waals surface area contributed by atoms with Crippen molar-refractivity contribution in [3.05, 3.63) is 59.2 Å². The SMILES string of the molecule is Cc1ccc(CN2C(=O)[C@@H]3CCCC[C@H]3C2=O)cc1S(=O)(=O)Nc1ccc(C(C)C)cc1. The summed E-state index contributed by atoms with van der Waals surface area (Å²) < 4.78 is 28.9. The van der Waals surface area contributed by atoms with Gasteiger partial charge in [-0.05, 0) is 60.6 Å². The van der Waals surface area contributed by atoms with Gasteiger partial charge < -0.3 is 0 Å². The second-order valence-corrected chi connectivity index (χ2v) is 10.9. The number of aryl methyl sites for hydroxylation is 1. The maximum atomic E-state index is 13.1. The first-order valence-electron chi connectivity index (χ1n) is 11.2. The molecule has 0 aromatic heterocycles. The molecule has 2 aromatic carbocycles. The van der Waals surface area contributed by atoms with E-state index in [4.69, 9.17) is 0 Å². The Morgan fingerprint density at radius 3 is 2.12 bits per heavy atom. The second kappa shape index (κ2) is 8.70. The Labute approximate surface area is 190 Å². The van der Waals surface area contributed by atoms with Crippen LogP contribution in [0.15, 0.2) is 47.4 Å². The largest absolute Gasteiger partial charge is 0.280 e. The molecule has 1 N–H and O–H groups in total. The summed E-state index contributed by atoms with van der Waals surface area (Å²) in [7, 11) is -3.82. The standard InChI is InChI=1S/C25H30N2O4S/c1-16(2)19-10-12-20(13-11-19)26-32(30,31)23-14-18(9-8-17(23)3)15-27-24(28)21-6-4-5-7-22(21)25(27)29/h8-14,16,21-22,26H,4-7,15H2,1-3H3/t21-,22-/m1/s1. The quantitative estimate of drug-likeness (QED) is 0.647. The van der Waals surface area contributed by atoms with Crippen LogP contribution in [0.25, 0.3) is 0 Å². The minimum absolute atomic E-state index is 0.108. The minimum atomic E-state index is -3.82. The molecule has 4 rings (SSSR count). The van der Waals surface area contributed by atoms with Crippen LogP contribution in [0.3, 0.4) is 0 Å². The van der Waals surface area contributed by atoms with Crippen LogP contribution in [0.1, 0.15) is 62.1 Å². The van der Waals surface area contributed by atoms with Crippen LogP contribution in [-0.4, -0.2) is 25.1 Å². The predicted octanol–water partition coefficient (Wildman–Crippen LogP) is 4.59. The monoisotopic (exact) mass is 454 g/mol. The van der Waals surface area contributed by atoms with E-state index in [1.807, 2.05) is 12.1 Å². The number of nitrogens with one attached hydrogen (secondary N) is 1. The van der Waals surface area contributed by atoms with E-state index in [-0.39, 0.29) is 35.1 Å². The Morgan fingerprint density at radius 2 is 1.56 bits per heavy atom. The summed E-state index contributed by atoms with van der Waals surface area (Å²) in [6.07, 6.45) is 3.48. The molecule has 0 bridgehead atoms. The van der Waals surface area contributed by atoms with E-state index in [0.717, 1.165) is 31.2 Å². The number of carbonyl (C=O) groups excluding carboxylic acids is 2. The zero-order valence-electron chi connectivity index (χ0n) is 18.8. The molecule has 2 aromatic rings. The van der Waals surface area contributed by atoms with Gasteiger partial charge in [0.15, 0.2) is 0 Å². The number of rotatable bonds is 6. The second-order valence-electron chi connectivity index (χ2n) is 9.24. The summed E-state index contributed by atoms with van der Waals surface area (Å²) >= 11 is 0. The van der Waals surface area contributed by atoms with Crippen molar-refractivity contribution in [1.82, 2.24) is 4.90 Å². The van der Waals surface area contributed by atoms with Crippen LogP contribution in [0.5, 0.6) is 0 Å². The topological polar surface area (TPSA) is 83.6 Å². The fourth-order valence-electron chi connectivity index (χ4n) is 4.75. The average Bonchev–Trinajstić information content (AvgIpc) is 3.00. The first-order chi connectivity index (χ1) is 15.2. The summed E-state index contributed by atoms with van der Waals surface area (Å²) in [5.74, 6) is -0.290. The third-order valence-electron chi connectivity index (χ3n) is 6.64. The van der Waals surface area contributed by atoms with Crippen molar-refractivity contribution in [3.8, 4) is 0 Å². The maximum absolute atomic E-state index is 13.1. The zero-order valence-corrected chi connectivity index (χ0v) is 19.6. The van der Waals surface area contributed by atoms with Crippen LogP contribution in [0.2, 0.25) is 0 Å². The van der Waals surface area contributed by atoms with Gasteiger partial charge in [-0.15, -0.1) is 0 Å². The number of hydrogen-bond donors (Lipinski definition) is 1. The predicted molar refractivity (Wildman–Crippen MR) is 124 cm³/mol. The molecule has 170 valence electrons. The van der Waals surface area contributed by atoms with Crippen LogP contribution < -0.4 is 4.72 Å². The van der Waals surface area contributed by atoms with Gasteiger partial charge in [0, 0.05) is 5.69 Å². The molecular weight excluding hydrogens is 424 g/mol. The highest BCUT2D eigenvalue weighted by atomic mass is 32.2. The lowest BCUT2D eigenvalue weighted by Gasteiger charge is -2.19. The first kappa shape index (κ1) is 22.5. The Bertz CT molecular complexity index is 1120. The van der Waals surface area contributed by atoms with Crippen LogP contribution in [0, 0.1) is 18.8 Å². The van der Waals surface area contributed by atoms with Crippen molar-refractivity contribution >= 4 is 27.5 Å². The summed E-state index contributed by atoms with van der Waals surface area (Å²) in [5.41, 5.74) is 2.86. The number of likely N-dealkylation sites (tertiary alicyclic amines) is 1. The van der Waals surface area contributed by atoms with Gasteiger partial charge in [0.05, 0.1) is 23.3 Å². The fraction of sp³-hybridized carbons (Fsp3) is 0.440. The van der Waals surface area contributed by atoms with E-state index in [2.05, 4.69) is 18.6 Å². The molecule has 32 heavy (non-hydrogen) atoms. The van der Waals surface area contributed by atoms with Crippen molar-refractivity contribution in [2.24, 2.45) is 11.8 Å². The highest BCUT2D eigenvalue weighted by Gasteiger charge is 2.47. The molecule has 0 spiro atoms. The molecule has 2 atom stereocenters. The van der Waals surface area contributed by atoms with Gasteiger partial charge in [-0.1, -0.05) is 51.0 Å². The van der Waals surface area contributed by atoms with E-state index >= 15 is 0 Å². The Kier molecular flexibility index (Phi) is 6.12. The summed E-state index contributed by atoms with van der Waals surface area (Å²) in [5, 5.41) is 0. The Balaban J connectivity index is 1.55. The molecule has 1 saturated heterocycles. The lowest BCUT2D eigenvalue weighted by molar-refractivity contribution is -0.140. The number of amides is 2. The van der Waals surface area contributed by atoms with Gasteiger partial charge in [0.1, 0.15) is 0 Å². The number of carbonyl (C=O) groups is 2. The number of sulfonamides is 1. The molecule has 7 heteroatoms. The number of anilines is 1. The molecule has 6 nitrogen and oxygen atoms in total. The smallest absolute Gasteiger partial charge is 0.262 e. The van der Waals surface area contributed by atoms with Gasteiger partial charge in [-0.2, -0.15) is 0 Å². The van der Waals surface area contributed by atoms with Crippen LogP contribution in [-0.2, 0) is 26.2 Å². The Morgan fingerprint density at radius 1 is 0.969 bits per heavy atom. The van der Waals surface area contributed by atoms with Crippen molar-refractivity contribution in [1.29, 1.82) is 0 Å². The fourth-order valence-corrected chi connectivity index (χ4v) is 6.10. The lowest BCUT2D eigenvalue weighted by atomic mass is 9.81. The molecule has 1 heterocycles. The van der Waals surface area contributed by atoms with Crippen molar-refractivity contribution in [3.63, 3.8) is 0 Å². The molecule has 2 fully saturated rings. The lowest BCUT2D eigenvalue weighted by Crippen LogP contribution is -2.30. The summed E-state index contributed by atoms with van der Waals surface area (Å²) in [4.78, 5) is 27.1. The molecule has 1 saturated carbocycles. The average molecular weight is 455 g/mol. The van der Waals surface area contributed by atoms with E-state index in [1.54, 1.807) is 37.3 Å². The third-order valence-corrected chi connectivity index (χ3v) is 8.17. The van der Waals surface area contributed by atoms with Crippen molar-refractivity contribution in [2.75, 3.05) is 4.72 Å². The minimum Gasteiger partial charge on any atom is -0.280 e. The first-order valence-corrected chi connectivity index (χ1v) is 12.7. The molecular formula is C25H30N2O4S. The maximum Gasteiger partial charge on any atom is 0.262 e.